The van der Waals surface area contributed by atoms with E-state index in [0.29, 0.717) is 5.75 Å². The number of rotatable bonds is 5. The number of hydrogen-bond acceptors (Lipinski definition) is 5. The maximum absolute atomic E-state index is 12.2. The third kappa shape index (κ3) is 3.07. The highest BCUT2D eigenvalue weighted by molar-refractivity contribution is 8.00. The van der Waals surface area contributed by atoms with Crippen molar-refractivity contribution in [1.29, 1.82) is 0 Å². The molecule has 24 heavy (non-hydrogen) atoms. The summed E-state index contributed by atoms with van der Waals surface area (Å²) in [6, 6.07) is 8.04. The third-order valence-electron chi connectivity index (χ3n) is 3.55. The zero-order valence-electron chi connectivity index (χ0n) is 12.3. The first-order valence-corrected chi connectivity index (χ1v) is 8.45. The zero-order valence-corrected chi connectivity index (χ0v) is 13.8. The molecule has 2 heterocycles. The van der Waals surface area contributed by atoms with E-state index < -0.39 is 29.2 Å². The second-order valence-electron chi connectivity index (χ2n) is 5.12. The van der Waals surface area contributed by atoms with Gasteiger partial charge in [0.25, 0.3) is 11.8 Å². The molecule has 2 N–H and O–H groups in total. The Labute approximate surface area is 146 Å². The molecule has 2 aliphatic heterocycles. The summed E-state index contributed by atoms with van der Waals surface area (Å²) >= 11 is 7.19. The van der Waals surface area contributed by atoms with Crippen LogP contribution in [0.15, 0.2) is 41.1 Å². The molecule has 0 radical (unpaired) electrons. The van der Waals surface area contributed by atoms with Crippen LogP contribution in [0.2, 0.25) is 0 Å². The second kappa shape index (κ2) is 6.74. The van der Waals surface area contributed by atoms with E-state index in [4.69, 9.17) is 16.3 Å². The minimum absolute atomic E-state index is 0.120. The van der Waals surface area contributed by atoms with Crippen molar-refractivity contribution in [2.75, 3.05) is 12.4 Å². The molecule has 0 aliphatic carbocycles. The molecule has 0 aromatic heterocycles. The van der Waals surface area contributed by atoms with Crippen molar-refractivity contribution in [3.8, 4) is 5.75 Å². The van der Waals surface area contributed by atoms with Crippen LogP contribution in [-0.4, -0.2) is 51.6 Å². The summed E-state index contributed by atoms with van der Waals surface area (Å²) < 4.78 is 5.32. The van der Waals surface area contributed by atoms with E-state index in [2.05, 4.69) is 5.32 Å². The molecule has 1 aromatic rings. The molecule has 1 fully saturated rings. The monoisotopic (exact) mass is 368 g/mol. The highest BCUT2D eigenvalue weighted by Gasteiger charge is 2.54. The summed E-state index contributed by atoms with van der Waals surface area (Å²) in [6.45, 7) is -0.229. The van der Waals surface area contributed by atoms with Crippen LogP contribution in [-0.2, 0) is 14.4 Å². The van der Waals surface area contributed by atoms with E-state index in [1.165, 1.54) is 11.8 Å². The molecule has 126 valence electrons. The molecular formula is C15H13ClN2O5S. The number of β-lactam (4-membered cyclic amide) rings is 1. The van der Waals surface area contributed by atoms with Crippen molar-refractivity contribution in [1.82, 2.24) is 10.2 Å². The number of carboxylic acid groups (broad SMARTS) is 1. The molecule has 0 spiro atoms. The van der Waals surface area contributed by atoms with Gasteiger partial charge >= 0.3 is 5.97 Å². The van der Waals surface area contributed by atoms with Gasteiger partial charge in [-0.2, -0.15) is 0 Å². The summed E-state index contributed by atoms with van der Waals surface area (Å²) in [4.78, 5) is 36.5. The van der Waals surface area contributed by atoms with E-state index in [-0.39, 0.29) is 23.1 Å². The fraction of sp³-hybridized carbons (Fsp3) is 0.267. The van der Waals surface area contributed by atoms with Gasteiger partial charge in [-0.1, -0.05) is 29.8 Å². The van der Waals surface area contributed by atoms with Crippen LogP contribution in [0, 0.1) is 0 Å². The molecule has 0 bridgehead atoms. The number of nitrogens with one attached hydrogen (secondary N) is 1. The molecule has 2 atom stereocenters. The lowest BCUT2D eigenvalue weighted by molar-refractivity contribution is -0.150. The van der Waals surface area contributed by atoms with Crippen LogP contribution >= 0.6 is 23.4 Å². The van der Waals surface area contributed by atoms with Crippen molar-refractivity contribution in [2.24, 2.45) is 0 Å². The zero-order chi connectivity index (χ0) is 17.3. The van der Waals surface area contributed by atoms with Crippen LogP contribution in [0.25, 0.3) is 0 Å². The molecule has 2 aliphatic rings. The van der Waals surface area contributed by atoms with Gasteiger partial charge in [0.1, 0.15) is 22.9 Å². The molecule has 1 aromatic carbocycles. The van der Waals surface area contributed by atoms with E-state index in [1.54, 1.807) is 24.3 Å². The van der Waals surface area contributed by atoms with Gasteiger partial charge in [0.15, 0.2) is 6.61 Å². The number of hydrogen-bond donors (Lipinski definition) is 2. The Balaban J connectivity index is 1.59. The van der Waals surface area contributed by atoms with Gasteiger partial charge in [0, 0.05) is 5.75 Å². The van der Waals surface area contributed by atoms with Crippen molar-refractivity contribution >= 4 is 41.1 Å². The average Bonchev–Trinajstić information content (AvgIpc) is 2.58. The van der Waals surface area contributed by atoms with Gasteiger partial charge < -0.3 is 15.2 Å². The topological polar surface area (TPSA) is 95.9 Å². The number of fused-ring (bicyclic) bond motifs is 1. The number of aliphatic carboxylic acids is 1. The van der Waals surface area contributed by atoms with Crippen LogP contribution in [0.3, 0.4) is 0 Å². The number of ether oxygens (including phenoxy) is 1. The highest BCUT2D eigenvalue weighted by atomic mass is 35.5. The predicted octanol–water partition coefficient (Wildman–Crippen LogP) is 1.00. The van der Waals surface area contributed by atoms with Crippen molar-refractivity contribution in [3.63, 3.8) is 0 Å². The predicted molar refractivity (Wildman–Crippen MR) is 87.5 cm³/mol. The number of carbonyl (C=O) groups excluding carboxylic acids is 2. The van der Waals surface area contributed by atoms with Crippen LogP contribution in [0.4, 0.5) is 0 Å². The maximum Gasteiger partial charge on any atom is 0.353 e. The van der Waals surface area contributed by atoms with Crippen molar-refractivity contribution in [2.45, 2.75) is 11.4 Å². The lowest BCUT2D eigenvalue weighted by atomic mass is 10.1. The second-order valence-corrected chi connectivity index (χ2v) is 6.68. The van der Waals surface area contributed by atoms with Gasteiger partial charge in [-0.15, -0.1) is 11.8 Å². The normalized spacial score (nSPS) is 22.5. The summed E-state index contributed by atoms with van der Waals surface area (Å²) in [5.41, 5.74) is -0.212. The summed E-state index contributed by atoms with van der Waals surface area (Å²) in [7, 11) is 0. The summed E-state index contributed by atoms with van der Waals surface area (Å²) in [6.07, 6.45) is 0. The number of benzene rings is 1. The molecule has 7 nitrogen and oxygen atoms in total. The Morgan fingerprint density at radius 3 is 2.75 bits per heavy atom. The largest absolute Gasteiger partial charge is 0.484 e. The molecule has 2 amide bonds. The van der Waals surface area contributed by atoms with Crippen LogP contribution in [0.5, 0.6) is 5.75 Å². The van der Waals surface area contributed by atoms with Gasteiger partial charge in [-0.25, -0.2) is 4.79 Å². The Kier molecular flexibility index (Phi) is 4.68. The van der Waals surface area contributed by atoms with E-state index in [0.717, 1.165) is 4.90 Å². The minimum atomic E-state index is -1.25. The Morgan fingerprint density at radius 2 is 2.08 bits per heavy atom. The number of carboxylic acids is 1. The first kappa shape index (κ1) is 16.7. The fourth-order valence-corrected chi connectivity index (χ4v) is 4.01. The van der Waals surface area contributed by atoms with E-state index in [9.17, 15) is 19.5 Å². The van der Waals surface area contributed by atoms with E-state index >= 15 is 0 Å². The minimum Gasteiger partial charge on any atom is -0.484 e. The van der Waals surface area contributed by atoms with Crippen LogP contribution < -0.4 is 10.1 Å². The van der Waals surface area contributed by atoms with Gasteiger partial charge in [-0.05, 0) is 12.1 Å². The number of carbonyl (C=O) groups is 3. The molecule has 1 saturated heterocycles. The van der Waals surface area contributed by atoms with Crippen LogP contribution in [0.1, 0.15) is 0 Å². The standard InChI is InChI=1S/C15H13ClN2O5S/c16-9-7-24-14-11(13(20)18(14)12(9)15(21)22)17-10(19)6-23-8-4-2-1-3-5-8/h1-5,11,14H,6-7H2,(H,17,19)(H,21,22)/t11-,14?/m1/s1. The SMILES string of the molecule is O=C(COc1ccccc1)N[C@@H]1C(=O)N2C(C(=O)O)=C(Cl)CSC12. The number of thioether (sulfide) groups is 1. The number of para-hydroxylation sites is 1. The number of amides is 2. The highest BCUT2D eigenvalue weighted by Crippen LogP contribution is 2.41. The lowest BCUT2D eigenvalue weighted by Crippen LogP contribution is -2.70. The Bertz CT molecular complexity index is 724. The Hall–Kier alpha value is -2.19. The number of nitrogens with zero attached hydrogens (tertiary/aromatic N) is 1. The average molecular weight is 369 g/mol. The first-order valence-electron chi connectivity index (χ1n) is 7.03. The summed E-state index contributed by atoms with van der Waals surface area (Å²) in [5, 5.41) is 11.4. The molecule has 1 unspecified atom stereocenters. The van der Waals surface area contributed by atoms with Crippen molar-refractivity contribution < 1.29 is 24.2 Å². The first-order chi connectivity index (χ1) is 11.5. The van der Waals surface area contributed by atoms with Gasteiger partial charge in [-0.3, -0.25) is 14.5 Å². The Morgan fingerprint density at radius 1 is 1.38 bits per heavy atom. The quantitative estimate of drug-likeness (QED) is 0.753. The molecule has 9 heteroatoms. The molecule has 0 saturated carbocycles. The van der Waals surface area contributed by atoms with Gasteiger partial charge in [0.05, 0.1) is 5.03 Å². The third-order valence-corrected chi connectivity index (χ3v) is 5.30. The fourth-order valence-electron chi connectivity index (χ4n) is 2.46. The maximum atomic E-state index is 12.2. The van der Waals surface area contributed by atoms with E-state index in [1.807, 2.05) is 6.07 Å². The number of halogens is 1. The molecule has 3 rings (SSSR count). The van der Waals surface area contributed by atoms with Crippen molar-refractivity contribution in [3.05, 3.63) is 41.1 Å². The lowest BCUT2D eigenvalue weighted by Gasteiger charge is -2.48. The van der Waals surface area contributed by atoms with Gasteiger partial charge in [0.2, 0.25) is 0 Å². The molecular weight excluding hydrogens is 356 g/mol. The summed E-state index contributed by atoms with van der Waals surface area (Å²) in [5.74, 6) is -1.37. The smallest absolute Gasteiger partial charge is 0.353 e.